The first-order valence-electron chi connectivity index (χ1n) is 3.56. The van der Waals surface area contributed by atoms with E-state index < -0.39 is 10.0 Å². The Morgan fingerprint density at radius 2 is 2.25 bits per heavy atom. The van der Waals surface area contributed by atoms with Gasteiger partial charge in [-0.1, -0.05) is 0 Å². The molecule has 5 heteroatoms. The fourth-order valence-electron chi connectivity index (χ4n) is 0.934. The highest BCUT2D eigenvalue weighted by Crippen LogP contribution is 2.02. The van der Waals surface area contributed by atoms with Gasteiger partial charge in [0.2, 0.25) is 10.0 Å². The Balaban J connectivity index is 2.92. The Kier molecular flexibility index (Phi) is 2.54. The molecule has 0 saturated carbocycles. The molecule has 0 aliphatic carbocycles. The van der Waals surface area contributed by atoms with Gasteiger partial charge < -0.3 is 5.32 Å². The lowest BCUT2D eigenvalue weighted by atomic mass is 10.3. The van der Waals surface area contributed by atoms with Crippen LogP contribution in [-0.4, -0.2) is 25.7 Å². The quantitative estimate of drug-likeness (QED) is 0.727. The van der Waals surface area contributed by atoms with E-state index in [1.807, 2.05) is 7.05 Å². The van der Waals surface area contributed by atoms with Gasteiger partial charge in [0, 0.05) is 18.9 Å². The van der Waals surface area contributed by atoms with Crippen molar-refractivity contribution in [2.75, 3.05) is 13.3 Å². The van der Waals surface area contributed by atoms with Crippen molar-refractivity contribution in [2.24, 2.45) is 0 Å². The average molecular weight is 188 g/mol. The Bertz CT molecular complexity index is 353. The maximum absolute atomic E-state index is 11.0. The minimum absolute atomic E-state index is 0.683. The molecule has 68 valence electrons. The van der Waals surface area contributed by atoms with Crippen LogP contribution in [0.25, 0.3) is 0 Å². The Morgan fingerprint density at radius 3 is 2.67 bits per heavy atom. The molecule has 0 aliphatic rings. The summed E-state index contributed by atoms with van der Waals surface area (Å²) in [5.41, 5.74) is 0.961. The summed E-state index contributed by atoms with van der Waals surface area (Å²) in [6, 6.07) is 1.78. The number of nitrogens with zero attached hydrogens (tertiary/aromatic N) is 1. The lowest BCUT2D eigenvalue weighted by Gasteiger charge is -1.96. The highest BCUT2D eigenvalue weighted by Gasteiger charge is 2.04. The predicted octanol–water partition coefficient (Wildman–Crippen LogP) is 0.0152. The third-order valence-corrected chi connectivity index (χ3v) is 2.49. The molecule has 1 N–H and O–H groups in total. The van der Waals surface area contributed by atoms with Gasteiger partial charge in [0.25, 0.3) is 0 Å². The van der Waals surface area contributed by atoms with Crippen molar-refractivity contribution in [1.29, 1.82) is 0 Å². The van der Waals surface area contributed by atoms with Crippen LogP contribution in [0, 0.1) is 0 Å². The lowest BCUT2D eigenvalue weighted by molar-refractivity contribution is 0.593. The smallest absolute Gasteiger partial charge is 0.235 e. The summed E-state index contributed by atoms with van der Waals surface area (Å²) in [6.45, 7) is 0.683. The van der Waals surface area contributed by atoms with E-state index in [9.17, 15) is 8.42 Å². The second kappa shape index (κ2) is 3.28. The highest BCUT2D eigenvalue weighted by molar-refractivity contribution is 7.89. The first-order valence-corrected chi connectivity index (χ1v) is 5.41. The highest BCUT2D eigenvalue weighted by atomic mass is 32.2. The average Bonchev–Trinajstić information content (AvgIpc) is 2.35. The summed E-state index contributed by atoms with van der Waals surface area (Å²) < 4.78 is 23.2. The van der Waals surface area contributed by atoms with Crippen LogP contribution in [0.4, 0.5) is 0 Å². The first kappa shape index (κ1) is 9.28. The van der Waals surface area contributed by atoms with E-state index in [0.717, 1.165) is 5.56 Å². The third-order valence-electron chi connectivity index (χ3n) is 1.49. The van der Waals surface area contributed by atoms with E-state index in [2.05, 4.69) is 5.32 Å². The zero-order valence-corrected chi connectivity index (χ0v) is 7.93. The molecule has 0 spiro atoms. The molecule has 1 aromatic rings. The molecule has 0 amide bonds. The zero-order valence-electron chi connectivity index (χ0n) is 7.11. The normalized spacial score (nSPS) is 11.8. The van der Waals surface area contributed by atoms with Crippen LogP contribution < -0.4 is 5.32 Å². The second-order valence-electron chi connectivity index (χ2n) is 2.64. The molecular formula is C7H12N2O2S. The SMILES string of the molecule is CNCc1ccn(S(C)(=O)=O)c1. The molecule has 0 saturated heterocycles. The van der Waals surface area contributed by atoms with Gasteiger partial charge >= 0.3 is 0 Å². The molecule has 0 radical (unpaired) electrons. The van der Waals surface area contributed by atoms with Gasteiger partial charge in [-0.3, -0.25) is 3.97 Å². The fraction of sp³-hybridized carbons (Fsp3) is 0.429. The van der Waals surface area contributed by atoms with Crippen LogP contribution in [0.15, 0.2) is 18.5 Å². The van der Waals surface area contributed by atoms with Crippen molar-refractivity contribution < 1.29 is 8.42 Å². The third kappa shape index (κ3) is 2.09. The number of hydrogen-bond acceptors (Lipinski definition) is 3. The zero-order chi connectivity index (χ0) is 9.19. The van der Waals surface area contributed by atoms with E-state index in [0.29, 0.717) is 6.54 Å². The van der Waals surface area contributed by atoms with E-state index in [1.54, 1.807) is 18.5 Å². The first-order chi connectivity index (χ1) is 5.54. The topological polar surface area (TPSA) is 51.1 Å². The molecular weight excluding hydrogens is 176 g/mol. The predicted molar refractivity (Wildman–Crippen MR) is 47.4 cm³/mol. The molecule has 1 rings (SSSR count). The summed E-state index contributed by atoms with van der Waals surface area (Å²) in [6.07, 6.45) is 4.32. The van der Waals surface area contributed by atoms with Crippen LogP contribution in [-0.2, 0) is 16.6 Å². The van der Waals surface area contributed by atoms with Crippen molar-refractivity contribution in [2.45, 2.75) is 6.54 Å². The largest absolute Gasteiger partial charge is 0.316 e. The summed E-state index contributed by atoms with van der Waals surface area (Å²) in [4.78, 5) is 0. The molecule has 1 heterocycles. The minimum Gasteiger partial charge on any atom is -0.316 e. The van der Waals surface area contributed by atoms with E-state index >= 15 is 0 Å². The van der Waals surface area contributed by atoms with Gasteiger partial charge in [0.1, 0.15) is 0 Å². The van der Waals surface area contributed by atoms with E-state index in [1.165, 1.54) is 10.2 Å². The number of nitrogens with one attached hydrogen (secondary N) is 1. The van der Waals surface area contributed by atoms with E-state index in [4.69, 9.17) is 0 Å². The van der Waals surface area contributed by atoms with Gasteiger partial charge in [-0.05, 0) is 18.7 Å². The minimum atomic E-state index is -3.11. The van der Waals surface area contributed by atoms with Crippen molar-refractivity contribution in [3.05, 3.63) is 24.0 Å². The van der Waals surface area contributed by atoms with Gasteiger partial charge in [-0.25, -0.2) is 8.42 Å². The van der Waals surface area contributed by atoms with Crippen LogP contribution in [0.5, 0.6) is 0 Å². The molecule has 1 aromatic heterocycles. The number of hydrogen-bond donors (Lipinski definition) is 1. The maximum atomic E-state index is 11.0. The second-order valence-corrected chi connectivity index (χ2v) is 4.53. The maximum Gasteiger partial charge on any atom is 0.235 e. The van der Waals surface area contributed by atoms with E-state index in [-0.39, 0.29) is 0 Å². The summed E-state index contributed by atoms with van der Waals surface area (Å²) in [5, 5.41) is 2.94. The molecule has 0 aromatic carbocycles. The molecule has 0 bridgehead atoms. The van der Waals surface area contributed by atoms with Crippen molar-refractivity contribution in [3.63, 3.8) is 0 Å². The van der Waals surface area contributed by atoms with Crippen LogP contribution >= 0.6 is 0 Å². The molecule has 0 fully saturated rings. The standard InChI is InChI=1S/C7H12N2O2S/c1-8-5-7-3-4-9(6-7)12(2,10)11/h3-4,6,8H,5H2,1-2H3. The van der Waals surface area contributed by atoms with Gasteiger partial charge in [-0.2, -0.15) is 0 Å². The molecule has 0 aliphatic heterocycles. The molecule has 0 atom stereocenters. The van der Waals surface area contributed by atoms with Gasteiger partial charge in [0.15, 0.2) is 0 Å². The monoisotopic (exact) mass is 188 g/mol. The Morgan fingerprint density at radius 1 is 1.58 bits per heavy atom. The summed E-state index contributed by atoms with van der Waals surface area (Å²) in [5.74, 6) is 0. The van der Waals surface area contributed by atoms with Crippen molar-refractivity contribution in [1.82, 2.24) is 9.29 Å². The number of aromatic nitrogens is 1. The van der Waals surface area contributed by atoms with Crippen LogP contribution in [0.1, 0.15) is 5.56 Å². The molecule has 12 heavy (non-hydrogen) atoms. The summed E-state index contributed by atoms with van der Waals surface area (Å²) >= 11 is 0. The Hall–Kier alpha value is -0.810. The molecule has 4 nitrogen and oxygen atoms in total. The Labute approximate surface area is 72.3 Å². The molecule has 0 unspecified atom stereocenters. The van der Waals surface area contributed by atoms with Gasteiger partial charge in [-0.15, -0.1) is 0 Å². The van der Waals surface area contributed by atoms with Gasteiger partial charge in [0.05, 0.1) is 6.26 Å². The lowest BCUT2D eigenvalue weighted by Crippen LogP contribution is -2.08. The van der Waals surface area contributed by atoms with Crippen molar-refractivity contribution in [3.8, 4) is 0 Å². The van der Waals surface area contributed by atoms with Crippen LogP contribution in [0.3, 0.4) is 0 Å². The fourth-order valence-corrected chi connectivity index (χ4v) is 1.54. The van der Waals surface area contributed by atoms with Crippen LogP contribution in [0.2, 0.25) is 0 Å². The van der Waals surface area contributed by atoms with Crippen molar-refractivity contribution >= 4 is 10.0 Å². The number of rotatable bonds is 3. The summed E-state index contributed by atoms with van der Waals surface area (Å²) in [7, 11) is -1.29.